The van der Waals surface area contributed by atoms with Crippen molar-refractivity contribution < 1.29 is 8.78 Å². The fourth-order valence-corrected chi connectivity index (χ4v) is 5.33. The van der Waals surface area contributed by atoms with Gasteiger partial charge >= 0.3 is 6.55 Å². The van der Waals surface area contributed by atoms with Crippen LogP contribution in [-0.4, -0.2) is 38.5 Å². The molecule has 1 fully saturated rings. The molecule has 0 unspecified atom stereocenters. The summed E-state index contributed by atoms with van der Waals surface area (Å²) < 4.78 is 30.7. The average molecular weight is 507 g/mol. The van der Waals surface area contributed by atoms with Crippen molar-refractivity contribution in [2.45, 2.75) is 25.4 Å². The van der Waals surface area contributed by atoms with E-state index in [0.717, 1.165) is 45.3 Å². The van der Waals surface area contributed by atoms with Gasteiger partial charge < -0.3 is 10.2 Å². The van der Waals surface area contributed by atoms with Crippen molar-refractivity contribution in [2.75, 3.05) is 23.3 Å². The Bertz CT molecular complexity index is 1550. The third-order valence-electron chi connectivity index (χ3n) is 6.90. The molecule has 6 rings (SSSR count). The van der Waals surface area contributed by atoms with Gasteiger partial charge in [-0.2, -0.15) is 13.9 Å². The number of anilines is 2. The Morgan fingerprint density at radius 2 is 1.72 bits per heavy atom. The van der Waals surface area contributed by atoms with E-state index in [0.29, 0.717) is 35.1 Å². The summed E-state index contributed by atoms with van der Waals surface area (Å²) in [7, 11) is 1.93. The number of hydrogen-bond donors (Lipinski definition) is 1. The Hall–Kier alpha value is -3.65. The largest absolute Gasteiger partial charge is 0.382 e. The number of alkyl halides is 2. The Labute approximate surface area is 212 Å². The van der Waals surface area contributed by atoms with Crippen LogP contribution in [0.4, 0.5) is 20.4 Å². The molecule has 1 aliphatic heterocycles. The van der Waals surface area contributed by atoms with Gasteiger partial charge in [-0.1, -0.05) is 41.9 Å². The number of imidazole rings is 1. The highest BCUT2D eigenvalue weighted by Gasteiger charge is 2.26. The predicted octanol–water partition coefficient (Wildman–Crippen LogP) is 6.72. The van der Waals surface area contributed by atoms with E-state index >= 15 is 0 Å². The summed E-state index contributed by atoms with van der Waals surface area (Å²) in [5, 5.41) is 10.1. The van der Waals surface area contributed by atoms with E-state index in [1.165, 1.54) is 0 Å². The highest BCUT2D eigenvalue weighted by molar-refractivity contribution is 6.33. The summed E-state index contributed by atoms with van der Waals surface area (Å²) in [5.74, 6) is 0.341. The number of aromatic nitrogens is 4. The van der Waals surface area contributed by atoms with Crippen molar-refractivity contribution in [3.8, 4) is 11.3 Å². The summed E-state index contributed by atoms with van der Waals surface area (Å²) in [6, 6.07) is 21.2. The molecule has 0 aliphatic carbocycles. The first-order valence-corrected chi connectivity index (χ1v) is 12.4. The number of nitrogens with zero attached hydrogens (tertiary/aromatic N) is 5. The number of piperidine rings is 1. The Kier molecular flexibility index (Phi) is 5.76. The number of aryl methyl sites for hydroxylation is 1. The van der Waals surface area contributed by atoms with Gasteiger partial charge in [0.1, 0.15) is 5.69 Å². The molecule has 0 amide bonds. The van der Waals surface area contributed by atoms with Gasteiger partial charge in [-0.25, -0.2) is 4.98 Å². The molecule has 0 saturated carbocycles. The second-order valence-corrected chi connectivity index (χ2v) is 9.55. The molecule has 1 saturated heterocycles. The van der Waals surface area contributed by atoms with Crippen molar-refractivity contribution in [1.82, 2.24) is 19.3 Å². The van der Waals surface area contributed by atoms with Gasteiger partial charge in [-0.15, -0.1) is 0 Å². The van der Waals surface area contributed by atoms with E-state index in [2.05, 4.69) is 28.5 Å². The number of para-hydroxylation sites is 2. The normalized spacial score (nSPS) is 14.9. The highest BCUT2D eigenvalue weighted by Crippen LogP contribution is 2.34. The third kappa shape index (κ3) is 3.95. The van der Waals surface area contributed by atoms with Crippen molar-refractivity contribution in [3.63, 3.8) is 0 Å². The van der Waals surface area contributed by atoms with Gasteiger partial charge in [-0.05, 0) is 49.2 Å². The van der Waals surface area contributed by atoms with Crippen LogP contribution >= 0.6 is 11.6 Å². The number of halogens is 3. The van der Waals surface area contributed by atoms with Gasteiger partial charge in [-0.3, -0.25) is 9.25 Å². The van der Waals surface area contributed by atoms with Crippen LogP contribution in [0.3, 0.4) is 0 Å². The van der Waals surface area contributed by atoms with Crippen LogP contribution in [0.1, 0.15) is 19.4 Å². The number of hydrogen-bond acceptors (Lipinski definition) is 4. The average Bonchev–Trinajstić information content (AvgIpc) is 3.43. The van der Waals surface area contributed by atoms with Crippen LogP contribution in [0.25, 0.3) is 33.2 Å². The molecule has 5 aromatic rings. The lowest BCUT2D eigenvalue weighted by Gasteiger charge is -2.33. The Morgan fingerprint density at radius 1 is 0.972 bits per heavy atom. The first-order chi connectivity index (χ1) is 17.5. The second kappa shape index (κ2) is 9.09. The Balaban J connectivity index is 1.19. The molecule has 3 heterocycles. The maximum Gasteiger partial charge on any atom is 0.321 e. The molecule has 1 N–H and O–H groups in total. The van der Waals surface area contributed by atoms with E-state index in [4.69, 9.17) is 16.7 Å². The van der Waals surface area contributed by atoms with E-state index < -0.39 is 6.55 Å². The summed E-state index contributed by atoms with van der Waals surface area (Å²) in [6.45, 7) is -1.33. The number of rotatable bonds is 5. The van der Waals surface area contributed by atoms with Gasteiger partial charge in [0.2, 0.25) is 5.95 Å². The lowest BCUT2D eigenvalue weighted by molar-refractivity contribution is 0.0757. The zero-order valence-corrected chi connectivity index (χ0v) is 20.5. The molecule has 6 nitrogen and oxygen atoms in total. The maximum absolute atomic E-state index is 13.9. The molecular weight excluding hydrogens is 482 g/mol. The number of benzene rings is 3. The predicted molar refractivity (Wildman–Crippen MR) is 141 cm³/mol. The van der Waals surface area contributed by atoms with Gasteiger partial charge in [0.15, 0.2) is 0 Å². The van der Waals surface area contributed by atoms with E-state index in [1.54, 1.807) is 18.2 Å². The quantitative estimate of drug-likeness (QED) is 0.287. The topological polar surface area (TPSA) is 50.9 Å². The fourth-order valence-electron chi connectivity index (χ4n) is 5.11. The van der Waals surface area contributed by atoms with Crippen LogP contribution in [0, 0.1) is 0 Å². The molecule has 0 bridgehead atoms. The smallest absolute Gasteiger partial charge is 0.321 e. The third-order valence-corrected chi connectivity index (χ3v) is 7.23. The monoisotopic (exact) mass is 506 g/mol. The molecule has 0 atom stereocenters. The standard InChI is InChI=1S/C27H25ClF2N6/c1-34-24-16-18(10-11-20(24)25(33-34)19-6-2-3-7-21(19)28)31-17-12-14-35(15-13-17)27-32-22-8-4-5-9-23(22)36(27)26(29)30/h2-11,16-17,26,31H,12-15H2,1H3. The van der Waals surface area contributed by atoms with Crippen LogP contribution in [0.15, 0.2) is 66.7 Å². The van der Waals surface area contributed by atoms with Crippen molar-refractivity contribution in [1.29, 1.82) is 0 Å². The summed E-state index contributed by atoms with van der Waals surface area (Å²) in [4.78, 5) is 6.48. The van der Waals surface area contributed by atoms with E-state index in [-0.39, 0.29) is 6.04 Å². The molecule has 0 radical (unpaired) electrons. The number of nitrogens with one attached hydrogen (secondary N) is 1. The zero-order chi connectivity index (χ0) is 24.8. The molecule has 1 aliphatic rings. The SMILES string of the molecule is Cn1nc(-c2ccccc2Cl)c2ccc(NC3CCN(c4nc5ccccc5n4C(F)F)CC3)cc21. The molecule has 3 aromatic carbocycles. The highest BCUT2D eigenvalue weighted by atomic mass is 35.5. The molecular formula is C27H25ClF2N6. The number of fused-ring (bicyclic) bond motifs is 2. The van der Waals surface area contributed by atoms with E-state index in [1.807, 2.05) is 47.0 Å². The maximum atomic E-state index is 13.9. The van der Waals surface area contributed by atoms with Crippen LogP contribution in [0.5, 0.6) is 0 Å². The molecule has 184 valence electrons. The van der Waals surface area contributed by atoms with E-state index in [9.17, 15) is 8.78 Å². The minimum absolute atomic E-state index is 0.236. The minimum Gasteiger partial charge on any atom is -0.382 e. The van der Waals surface area contributed by atoms with Crippen LogP contribution in [-0.2, 0) is 7.05 Å². The summed E-state index contributed by atoms with van der Waals surface area (Å²) in [6.07, 6.45) is 1.64. The van der Waals surface area contributed by atoms with Gasteiger partial charge in [0, 0.05) is 42.8 Å². The van der Waals surface area contributed by atoms with Gasteiger partial charge in [0.25, 0.3) is 0 Å². The second-order valence-electron chi connectivity index (χ2n) is 9.14. The van der Waals surface area contributed by atoms with Crippen LogP contribution in [0.2, 0.25) is 5.02 Å². The lowest BCUT2D eigenvalue weighted by Crippen LogP contribution is -2.40. The fraction of sp³-hybridized carbons (Fsp3) is 0.259. The van der Waals surface area contributed by atoms with Crippen molar-refractivity contribution in [3.05, 3.63) is 71.8 Å². The van der Waals surface area contributed by atoms with Crippen LogP contribution < -0.4 is 10.2 Å². The first kappa shape index (κ1) is 22.8. The minimum atomic E-state index is -2.63. The first-order valence-electron chi connectivity index (χ1n) is 12.0. The molecule has 0 spiro atoms. The van der Waals surface area contributed by atoms with Gasteiger partial charge in [0.05, 0.1) is 21.6 Å². The zero-order valence-electron chi connectivity index (χ0n) is 19.7. The van der Waals surface area contributed by atoms with Crippen molar-refractivity contribution in [2.24, 2.45) is 7.05 Å². The lowest BCUT2D eigenvalue weighted by atomic mass is 10.0. The summed E-state index contributed by atoms with van der Waals surface area (Å²) in [5.41, 5.74) is 4.84. The molecule has 36 heavy (non-hydrogen) atoms. The summed E-state index contributed by atoms with van der Waals surface area (Å²) >= 11 is 6.42. The molecule has 2 aromatic heterocycles. The molecule has 9 heteroatoms. The Morgan fingerprint density at radius 3 is 2.50 bits per heavy atom. The van der Waals surface area contributed by atoms with Crippen molar-refractivity contribution >= 4 is 45.2 Å².